The van der Waals surface area contributed by atoms with Crippen LogP contribution in [-0.4, -0.2) is 36.7 Å². The summed E-state index contributed by atoms with van der Waals surface area (Å²) in [4.78, 5) is 47.6. The zero-order valence-electron chi connectivity index (χ0n) is 18.7. The molecule has 186 valence electrons. The molecule has 0 saturated heterocycles. The SMILES string of the molecule is NC(=O)CNC(=O)CNC(=O)c1cccc(NC(=O)c2ccccc2-c2ccc(C(F)(F)F)cc2)c1. The second-order valence-corrected chi connectivity index (χ2v) is 7.58. The maximum atomic E-state index is 13.0. The van der Waals surface area contributed by atoms with Gasteiger partial charge in [0, 0.05) is 16.8 Å². The number of nitrogens with two attached hydrogens (primary N) is 1. The molecule has 11 heteroatoms. The highest BCUT2D eigenvalue weighted by atomic mass is 19.4. The molecule has 3 rings (SSSR count). The molecule has 8 nitrogen and oxygen atoms in total. The summed E-state index contributed by atoms with van der Waals surface area (Å²) >= 11 is 0. The number of primary amides is 1. The fourth-order valence-electron chi connectivity index (χ4n) is 3.22. The van der Waals surface area contributed by atoms with Gasteiger partial charge in [-0.3, -0.25) is 19.2 Å². The number of carbonyl (C=O) groups excluding carboxylic acids is 4. The van der Waals surface area contributed by atoms with Gasteiger partial charge in [0.1, 0.15) is 0 Å². The monoisotopic (exact) mass is 498 g/mol. The van der Waals surface area contributed by atoms with Gasteiger partial charge < -0.3 is 21.7 Å². The van der Waals surface area contributed by atoms with Gasteiger partial charge in [-0.15, -0.1) is 0 Å². The van der Waals surface area contributed by atoms with Crippen LogP contribution in [0.1, 0.15) is 26.3 Å². The molecule has 36 heavy (non-hydrogen) atoms. The van der Waals surface area contributed by atoms with Crippen molar-refractivity contribution in [2.45, 2.75) is 6.18 Å². The molecule has 0 radical (unpaired) electrons. The molecular weight excluding hydrogens is 477 g/mol. The van der Waals surface area contributed by atoms with Gasteiger partial charge in [-0.05, 0) is 47.5 Å². The van der Waals surface area contributed by atoms with Crippen LogP contribution in [0.4, 0.5) is 18.9 Å². The van der Waals surface area contributed by atoms with E-state index < -0.39 is 35.4 Å². The number of anilines is 1. The van der Waals surface area contributed by atoms with Crippen LogP contribution in [0.2, 0.25) is 0 Å². The Morgan fingerprint density at radius 2 is 1.47 bits per heavy atom. The molecule has 0 aliphatic carbocycles. The third-order valence-electron chi connectivity index (χ3n) is 4.95. The lowest BCUT2D eigenvalue weighted by atomic mass is 9.98. The predicted molar refractivity (Wildman–Crippen MR) is 126 cm³/mol. The van der Waals surface area contributed by atoms with Crippen LogP contribution in [0.3, 0.4) is 0 Å². The molecule has 0 fully saturated rings. The maximum Gasteiger partial charge on any atom is 0.416 e. The molecule has 0 bridgehead atoms. The van der Waals surface area contributed by atoms with Gasteiger partial charge in [-0.25, -0.2) is 0 Å². The van der Waals surface area contributed by atoms with Crippen LogP contribution in [-0.2, 0) is 15.8 Å². The molecule has 5 N–H and O–H groups in total. The number of rotatable bonds is 8. The summed E-state index contributed by atoms with van der Waals surface area (Å²) in [6, 6.07) is 16.9. The zero-order valence-corrected chi connectivity index (χ0v) is 18.7. The van der Waals surface area contributed by atoms with Crippen molar-refractivity contribution in [3.63, 3.8) is 0 Å². The highest BCUT2D eigenvalue weighted by Crippen LogP contribution is 2.32. The minimum Gasteiger partial charge on any atom is -0.368 e. The summed E-state index contributed by atoms with van der Waals surface area (Å²) in [6.45, 7) is -0.743. The van der Waals surface area contributed by atoms with Gasteiger partial charge in [-0.2, -0.15) is 13.2 Å². The maximum absolute atomic E-state index is 13.0. The van der Waals surface area contributed by atoms with Gasteiger partial charge in [0.25, 0.3) is 11.8 Å². The van der Waals surface area contributed by atoms with E-state index in [1.54, 1.807) is 24.3 Å². The minimum absolute atomic E-state index is 0.159. The summed E-state index contributed by atoms with van der Waals surface area (Å²) < 4.78 is 38.7. The molecule has 0 aromatic heterocycles. The van der Waals surface area contributed by atoms with Gasteiger partial charge >= 0.3 is 6.18 Å². The fourth-order valence-corrected chi connectivity index (χ4v) is 3.22. The summed E-state index contributed by atoms with van der Waals surface area (Å²) in [7, 11) is 0. The van der Waals surface area contributed by atoms with E-state index in [-0.39, 0.29) is 29.9 Å². The van der Waals surface area contributed by atoms with E-state index in [9.17, 15) is 32.3 Å². The Kier molecular flexibility index (Phi) is 8.05. The van der Waals surface area contributed by atoms with E-state index in [1.165, 1.54) is 36.4 Å². The van der Waals surface area contributed by atoms with Crippen molar-refractivity contribution in [3.05, 3.63) is 89.5 Å². The minimum atomic E-state index is -4.47. The quantitative estimate of drug-likeness (QED) is 0.380. The van der Waals surface area contributed by atoms with Crippen molar-refractivity contribution in [2.75, 3.05) is 18.4 Å². The smallest absolute Gasteiger partial charge is 0.368 e. The number of benzene rings is 3. The Bertz CT molecular complexity index is 1290. The Morgan fingerprint density at radius 3 is 2.14 bits per heavy atom. The van der Waals surface area contributed by atoms with Gasteiger partial charge in [-0.1, -0.05) is 36.4 Å². The van der Waals surface area contributed by atoms with Crippen molar-refractivity contribution >= 4 is 29.3 Å². The van der Waals surface area contributed by atoms with E-state index in [4.69, 9.17) is 5.73 Å². The number of alkyl halides is 3. The van der Waals surface area contributed by atoms with Crippen LogP contribution in [0, 0.1) is 0 Å². The standard InChI is InChI=1S/C25H21F3N4O4/c26-25(27,28)17-10-8-15(9-11-17)19-6-1-2-7-20(19)24(36)32-18-5-3-4-16(12-18)23(35)31-14-22(34)30-13-21(29)33/h1-12H,13-14H2,(H2,29,33)(H,30,34)(H,31,35)(H,32,36). The highest BCUT2D eigenvalue weighted by Gasteiger charge is 2.30. The molecule has 3 aromatic rings. The van der Waals surface area contributed by atoms with Gasteiger partial charge in [0.15, 0.2) is 0 Å². The third kappa shape index (κ3) is 6.92. The van der Waals surface area contributed by atoms with Crippen LogP contribution in [0.25, 0.3) is 11.1 Å². The largest absolute Gasteiger partial charge is 0.416 e. The lowest BCUT2D eigenvalue weighted by Crippen LogP contribution is -2.40. The zero-order chi connectivity index (χ0) is 26.3. The second-order valence-electron chi connectivity index (χ2n) is 7.58. The second kappa shape index (κ2) is 11.2. The summed E-state index contributed by atoms with van der Waals surface area (Å²) in [5.41, 5.74) is 5.66. The topological polar surface area (TPSA) is 130 Å². The first-order chi connectivity index (χ1) is 17.0. The van der Waals surface area contributed by atoms with Crippen LogP contribution >= 0.6 is 0 Å². The number of halogens is 3. The number of hydrogen-bond donors (Lipinski definition) is 4. The average molecular weight is 498 g/mol. The molecule has 0 aliphatic rings. The van der Waals surface area contributed by atoms with E-state index in [2.05, 4.69) is 16.0 Å². The molecule has 4 amide bonds. The van der Waals surface area contributed by atoms with Gasteiger partial charge in [0.2, 0.25) is 11.8 Å². The molecule has 3 aromatic carbocycles. The van der Waals surface area contributed by atoms with E-state index in [1.807, 2.05) is 0 Å². The van der Waals surface area contributed by atoms with Crippen molar-refractivity contribution in [1.82, 2.24) is 10.6 Å². The first-order valence-electron chi connectivity index (χ1n) is 10.6. The van der Waals surface area contributed by atoms with Crippen molar-refractivity contribution < 1.29 is 32.3 Å². The highest BCUT2D eigenvalue weighted by molar-refractivity contribution is 6.09. The number of nitrogens with one attached hydrogen (secondary N) is 3. The molecular formula is C25H21F3N4O4. The molecule has 0 atom stereocenters. The van der Waals surface area contributed by atoms with Crippen LogP contribution in [0.15, 0.2) is 72.8 Å². The lowest BCUT2D eigenvalue weighted by molar-refractivity contribution is -0.137. The predicted octanol–water partition coefficient (Wildman–Crippen LogP) is 2.96. The first-order valence-corrected chi connectivity index (χ1v) is 10.6. The van der Waals surface area contributed by atoms with Crippen molar-refractivity contribution in [2.24, 2.45) is 5.73 Å². The fraction of sp³-hybridized carbons (Fsp3) is 0.120. The Balaban J connectivity index is 1.71. The molecule has 0 spiro atoms. The summed E-state index contributed by atoms with van der Waals surface area (Å²) in [6.07, 6.45) is -4.47. The van der Waals surface area contributed by atoms with Gasteiger partial charge in [0.05, 0.1) is 18.7 Å². The molecule has 0 unspecified atom stereocenters. The Morgan fingerprint density at radius 1 is 0.778 bits per heavy atom. The first kappa shape index (κ1) is 25.9. The molecule has 0 aliphatic heterocycles. The number of carbonyl (C=O) groups is 4. The number of amides is 4. The summed E-state index contributed by atoms with van der Waals surface area (Å²) in [5.74, 6) is -2.45. The van der Waals surface area contributed by atoms with E-state index in [0.29, 0.717) is 11.1 Å². The molecule has 0 heterocycles. The lowest BCUT2D eigenvalue weighted by Gasteiger charge is -2.12. The van der Waals surface area contributed by atoms with Crippen LogP contribution < -0.4 is 21.7 Å². The van der Waals surface area contributed by atoms with E-state index in [0.717, 1.165) is 12.1 Å². The van der Waals surface area contributed by atoms with Crippen molar-refractivity contribution in [3.8, 4) is 11.1 Å². The average Bonchev–Trinajstić information content (AvgIpc) is 2.85. The number of hydrogen-bond acceptors (Lipinski definition) is 4. The summed E-state index contributed by atoms with van der Waals surface area (Å²) in [5, 5.41) is 7.28. The third-order valence-corrected chi connectivity index (χ3v) is 4.95. The Labute approximate surface area is 203 Å². The Hall–Kier alpha value is -4.67. The normalized spacial score (nSPS) is 10.9. The van der Waals surface area contributed by atoms with E-state index >= 15 is 0 Å². The van der Waals surface area contributed by atoms with Crippen molar-refractivity contribution in [1.29, 1.82) is 0 Å². The van der Waals surface area contributed by atoms with Crippen LogP contribution in [0.5, 0.6) is 0 Å². The molecule has 0 saturated carbocycles.